The Labute approximate surface area is 145 Å². The molecule has 0 aliphatic carbocycles. The predicted molar refractivity (Wildman–Crippen MR) is 90.8 cm³/mol. The number of rotatable bonds is 9. The van der Waals surface area contributed by atoms with E-state index in [0.29, 0.717) is 12.0 Å². The summed E-state index contributed by atoms with van der Waals surface area (Å²) in [5.74, 6) is -1.24. The van der Waals surface area contributed by atoms with Crippen LogP contribution in [0.15, 0.2) is 53.7 Å². The maximum atomic E-state index is 12.0. The molecule has 132 valence electrons. The topological polar surface area (TPSA) is 113 Å². The fraction of sp³-hybridized carbons (Fsp3) is 0.235. The average molecular weight is 362 g/mol. The first-order valence-electron chi connectivity index (χ1n) is 7.62. The van der Waals surface area contributed by atoms with Gasteiger partial charge in [0.25, 0.3) is 0 Å². The molecule has 1 aromatic heterocycles. The first-order valence-corrected chi connectivity index (χ1v) is 9.10. The third kappa shape index (κ3) is 5.77. The van der Waals surface area contributed by atoms with Crippen molar-refractivity contribution >= 4 is 21.8 Å². The highest BCUT2D eigenvalue weighted by Gasteiger charge is 2.13. The van der Waals surface area contributed by atoms with Gasteiger partial charge in [0, 0.05) is 30.9 Å². The number of aliphatic carboxylic acids is 1. The summed E-state index contributed by atoms with van der Waals surface area (Å²) in [6.07, 6.45) is 3.00. The van der Waals surface area contributed by atoms with Gasteiger partial charge in [-0.3, -0.25) is 14.6 Å². The Balaban J connectivity index is 1.87. The molecule has 0 fully saturated rings. The lowest BCUT2D eigenvalue weighted by Gasteiger charge is -2.07. The van der Waals surface area contributed by atoms with Crippen molar-refractivity contribution in [2.24, 2.45) is 0 Å². The van der Waals surface area contributed by atoms with Crippen molar-refractivity contribution in [2.75, 3.05) is 6.54 Å². The van der Waals surface area contributed by atoms with Crippen LogP contribution >= 0.6 is 0 Å². The second-order valence-electron chi connectivity index (χ2n) is 5.35. The monoisotopic (exact) mass is 362 g/mol. The molecule has 0 aliphatic heterocycles. The number of nitrogens with one attached hydrogen (secondary N) is 1. The quantitative estimate of drug-likeness (QED) is 0.656. The van der Waals surface area contributed by atoms with Crippen molar-refractivity contribution in [1.82, 2.24) is 9.71 Å². The minimum absolute atomic E-state index is 0.0421. The SMILES string of the molecule is O=C(O)CCC(=O)c1ccc(CCNS(=O)(=O)c2cccnc2)cc1. The van der Waals surface area contributed by atoms with Gasteiger partial charge in [-0.05, 0) is 24.1 Å². The van der Waals surface area contributed by atoms with Gasteiger partial charge in [-0.15, -0.1) is 0 Å². The molecular weight excluding hydrogens is 344 g/mol. The highest BCUT2D eigenvalue weighted by Crippen LogP contribution is 2.10. The van der Waals surface area contributed by atoms with Gasteiger partial charge in [0.2, 0.25) is 10.0 Å². The highest BCUT2D eigenvalue weighted by molar-refractivity contribution is 7.89. The Morgan fingerprint density at radius 1 is 1.08 bits per heavy atom. The van der Waals surface area contributed by atoms with Gasteiger partial charge in [-0.25, -0.2) is 13.1 Å². The van der Waals surface area contributed by atoms with Crippen LogP contribution in [0.2, 0.25) is 0 Å². The molecule has 8 heteroatoms. The molecule has 0 atom stereocenters. The number of Topliss-reactive ketones (excluding diaryl/α,β-unsaturated/α-hetero) is 1. The van der Waals surface area contributed by atoms with E-state index in [1.807, 2.05) is 0 Å². The Hall–Kier alpha value is -2.58. The summed E-state index contributed by atoms with van der Waals surface area (Å²) in [5, 5.41) is 8.59. The van der Waals surface area contributed by atoms with Gasteiger partial charge in [0.15, 0.2) is 5.78 Å². The summed E-state index contributed by atoms with van der Waals surface area (Å²) in [5.41, 5.74) is 1.31. The van der Waals surface area contributed by atoms with Crippen LogP contribution in [0, 0.1) is 0 Å². The first-order chi connectivity index (χ1) is 11.9. The molecule has 0 aliphatic rings. The zero-order valence-electron chi connectivity index (χ0n) is 13.4. The van der Waals surface area contributed by atoms with E-state index < -0.39 is 16.0 Å². The summed E-state index contributed by atoms with van der Waals surface area (Å²) >= 11 is 0. The standard InChI is InChI=1S/C17H18N2O5S/c20-16(7-8-17(21)22)14-5-3-13(4-6-14)9-11-19-25(23,24)15-2-1-10-18-12-15/h1-6,10,12,19H,7-9,11H2,(H,21,22). The lowest BCUT2D eigenvalue weighted by Crippen LogP contribution is -2.26. The van der Waals surface area contributed by atoms with Crippen LogP contribution in [0.5, 0.6) is 0 Å². The average Bonchev–Trinajstić information content (AvgIpc) is 2.61. The summed E-state index contributed by atoms with van der Waals surface area (Å²) in [6.45, 7) is 0.212. The van der Waals surface area contributed by atoms with E-state index in [9.17, 15) is 18.0 Å². The molecule has 0 saturated heterocycles. The summed E-state index contributed by atoms with van der Waals surface area (Å²) in [7, 11) is -3.59. The van der Waals surface area contributed by atoms with Crippen molar-refractivity contribution in [3.63, 3.8) is 0 Å². The molecule has 7 nitrogen and oxygen atoms in total. The molecule has 2 N–H and O–H groups in total. The Bertz CT molecular complexity index is 833. The molecule has 0 amide bonds. The molecule has 0 saturated carbocycles. The number of aromatic nitrogens is 1. The van der Waals surface area contributed by atoms with Gasteiger partial charge >= 0.3 is 5.97 Å². The third-order valence-corrected chi connectivity index (χ3v) is 4.94. The van der Waals surface area contributed by atoms with E-state index in [2.05, 4.69) is 9.71 Å². The van der Waals surface area contributed by atoms with E-state index in [-0.39, 0.29) is 30.1 Å². The number of nitrogens with zero attached hydrogens (tertiary/aromatic N) is 1. The molecule has 25 heavy (non-hydrogen) atoms. The molecule has 1 aromatic carbocycles. The lowest BCUT2D eigenvalue weighted by molar-refractivity contribution is -0.136. The molecule has 0 spiro atoms. The van der Waals surface area contributed by atoms with Crippen molar-refractivity contribution in [2.45, 2.75) is 24.2 Å². The van der Waals surface area contributed by atoms with Crippen LogP contribution in [0.3, 0.4) is 0 Å². The Morgan fingerprint density at radius 3 is 2.40 bits per heavy atom. The minimum Gasteiger partial charge on any atom is -0.481 e. The number of carbonyl (C=O) groups excluding carboxylic acids is 1. The number of carboxylic acid groups (broad SMARTS) is 1. The third-order valence-electron chi connectivity index (χ3n) is 3.49. The largest absolute Gasteiger partial charge is 0.481 e. The molecule has 0 unspecified atom stereocenters. The highest BCUT2D eigenvalue weighted by atomic mass is 32.2. The molecule has 2 aromatic rings. The Morgan fingerprint density at radius 2 is 1.80 bits per heavy atom. The minimum atomic E-state index is -3.59. The van der Waals surface area contributed by atoms with Crippen molar-refractivity contribution in [3.8, 4) is 0 Å². The van der Waals surface area contributed by atoms with Crippen molar-refractivity contribution in [1.29, 1.82) is 0 Å². The number of benzene rings is 1. The van der Waals surface area contributed by atoms with Gasteiger partial charge < -0.3 is 5.11 Å². The molecule has 0 bridgehead atoms. The van der Waals surface area contributed by atoms with E-state index in [1.54, 1.807) is 30.3 Å². The van der Waals surface area contributed by atoms with Crippen LogP contribution < -0.4 is 4.72 Å². The zero-order chi connectivity index (χ0) is 18.3. The maximum absolute atomic E-state index is 12.0. The second-order valence-corrected chi connectivity index (χ2v) is 7.12. The van der Waals surface area contributed by atoms with Crippen LogP contribution in [-0.2, 0) is 21.2 Å². The van der Waals surface area contributed by atoms with E-state index in [4.69, 9.17) is 5.11 Å². The molecule has 1 heterocycles. The fourth-order valence-corrected chi connectivity index (χ4v) is 3.14. The number of pyridine rings is 1. The van der Waals surface area contributed by atoms with E-state index in [0.717, 1.165) is 5.56 Å². The van der Waals surface area contributed by atoms with Crippen LogP contribution in [0.1, 0.15) is 28.8 Å². The van der Waals surface area contributed by atoms with Gasteiger partial charge in [0.1, 0.15) is 4.90 Å². The summed E-state index contributed by atoms with van der Waals surface area (Å²) in [4.78, 5) is 26.2. The van der Waals surface area contributed by atoms with E-state index >= 15 is 0 Å². The number of hydrogen-bond donors (Lipinski definition) is 2. The fourth-order valence-electron chi connectivity index (χ4n) is 2.14. The number of sulfonamides is 1. The number of carboxylic acids is 1. The van der Waals surface area contributed by atoms with Gasteiger partial charge in [0.05, 0.1) is 6.42 Å². The first kappa shape index (κ1) is 18.8. The Kier molecular flexibility index (Phi) is 6.37. The summed E-state index contributed by atoms with van der Waals surface area (Å²) < 4.78 is 26.6. The van der Waals surface area contributed by atoms with Gasteiger partial charge in [-0.1, -0.05) is 24.3 Å². The van der Waals surface area contributed by atoms with Crippen LogP contribution in [-0.4, -0.2) is 36.8 Å². The van der Waals surface area contributed by atoms with Crippen molar-refractivity contribution < 1.29 is 23.1 Å². The normalized spacial score (nSPS) is 11.2. The van der Waals surface area contributed by atoms with E-state index in [1.165, 1.54) is 18.5 Å². The number of hydrogen-bond acceptors (Lipinski definition) is 5. The molecule has 0 radical (unpaired) electrons. The van der Waals surface area contributed by atoms with Crippen LogP contribution in [0.25, 0.3) is 0 Å². The number of ketones is 1. The molecular formula is C17H18N2O5S. The predicted octanol–water partition coefficient (Wildman–Crippen LogP) is 1.65. The van der Waals surface area contributed by atoms with Gasteiger partial charge in [-0.2, -0.15) is 0 Å². The number of carbonyl (C=O) groups is 2. The van der Waals surface area contributed by atoms with Crippen molar-refractivity contribution in [3.05, 3.63) is 59.9 Å². The lowest BCUT2D eigenvalue weighted by atomic mass is 10.0. The zero-order valence-corrected chi connectivity index (χ0v) is 14.2. The second kappa shape index (κ2) is 8.50. The smallest absolute Gasteiger partial charge is 0.303 e. The van der Waals surface area contributed by atoms with Crippen LogP contribution in [0.4, 0.5) is 0 Å². The summed E-state index contributed by atoms with van der Waals surface area (Å²) in [6, 6.07) is 9.71. The maximum Gasteiger partial charge on any atom is 0.303 e. The molecule has 2 rings (SSSR count).